The van der Waals surface area contributed by atoms with Gasteiger partial charge in [0.2, 0.25) is 0 Å². The Bertz CT molecular complexity index is 233. The van der Waals surface area contributed by atoms with Crippen molar-refractivity contribution < 1.29 is 4.74 Å². The zero-order valence-corrected chi connectivity index (χ0v) is 12.0. The van der Waals surface area contributed by atoms with Crippen LogP contribution in [0.15, 0.2) is 0 Å². The van der Waals surface area contributed by atoms with E-state index in [4.69, 9.17) is 10.00 Å². The second-order valence-electron chi connectivity index (χ2n) is 5.67. The maximum absolute atomic E-state index is 9.17. The molecule has 0 aromatic heterocycles. The maximum Gasteiger partial charge on any atom is 0.104 e. The van der Waals surface area contributed by atoms with Crippen LogP contribution in [0.25, 0.3) is 0 Å². The summed E-state index contributed by atoms with van der Waals surface area (Å²) in [6.07, 6.45) is 2.94. The summed E-state index contributed by atoms with van der Waals surface area (Å²) in [7, 11) is 0. The molecule has 0 rings (SSSR count). The Labute approximate surface area is 107 Å². The Morgan fingerprint density at radius 2 is 1.88 bits per heavy atom. The van der Waals surface area contributed by atoms with E-state index < -0.39 is 5.54 Å². The van der Waals surface area contributed by atoms with Gasteiger partial charge in [-0.3, -0.25) is 5.32 Å². The highest BCUT2D eigenvalue weighted by molar-refractivity contribution is 5.04. The van der Waals surface area contributed by atoms with Crippen molar-refractivity contribution in [1.82, 2.24) is 5.32 Å². The monoisotopic (exact) mass is 240 g/mol. The molecule has 1 atom stereocenters. The topological polar surface area (TPSA) is 45.0 Å². The van der Waals surface area contributed by atoms with Crippen molar-refractivity contribution >= 4 is 0 Å². The number of nitrogens with one attached hydrogen (secondary N) is 1. The first-order chi connectivity index (χ1) is 7.89. The molecule has 0 aliphatic rings. The third kappa shape index (κ3) is 9.14. The van der Waals surface area contributed by atoms with Gasteiger partial charge in [0.25, 0.3) is 0 Å². The second kappa shape index (κ2) is 8.49. The minimum Gasteiger partial charge on any atom is -0.381 e. The molecule has 0 aliphatic carbocycles. The molecule has 0 bridgehead atoms. The van der Waals surface area contributed by atoms with Crippen molar-refractivity contribution in [2.24, 2.45) is 5.92 Å². The Hall–Kier alpha value is -0.590. The summed E-state index contributed by atoms with van der Waals surface area (Å²) in [6, 6.07) is 2.71. The Morgan fingerprint density at radius 1 is 1.24 bits per heavy atom. The van der Waals surface area contributed by atoms with Gasteiger partial charge in [0, 0.05) is 19.3 Å². The van der Waals surface area contributed by atoms with E-state index >= 15 is 0 Å². The molecular formula is C14H28N2O. The first kappa shape index (κ1) is 16.4. The van der Waals surface area contributed by atoms with E-state index in [9.17, 15) is 0 Å². The maximum atomic E-state index is 9.17. The smallest absolute Gasteiger partial charge is 0.104 e. The fraction of sp³-hybridized carbons (Fsp3) is 0.929. The van der Waals surface area contributed by atoms with Gasteiger partial charge in [0.05, 0.1) is 6.07 Å². The van der Waals surface area contributed by atoms with E-state index in [1.165, 1.54) is 0 Å². The summed E-state index contributed by atoms with van der Waals surface area (Å²) in [5.74, 6) is 0.599. The molecule has 0 spiro atoms. The van der Waals surface area contributed by atoms with Crippen LogP contribution < -0.4 is 5.32 Å². The van der Waals surface area contributed by atoms with Crippen LogP contribution in [0.2, 0.25) is 0 Å². The third-order valence-corrected chi connectivity index (χ3v) is 2.52. The molecule has 0 fully saturated rings. The van der Waals surface area contributed by atoms with Gasteiger partial charge in [-0.2, -0.15) is 5.26 Å². The fourth-order valence-electron chi connectivity index (χ4n) is 1.80. The van der Waals surface area contributed by atoms with Crippen LogP contribution in [0.3, 0.4) is 0 Å². The minimum atomic E-state index is -0.397. The van der Waals surface area contributed by atoms with Crippen molar-refractivity contribution in [3.05, 3.63) is 0 Å². The van der Waals surface area contributed by atoms with Crippen LogP contribution in [-0.2, 0) is 4.74 Å². The average molecular weight is 240 g/mol. The zero-order chi connectivity index (χ0) is 13.3. The molecule has 0 heterocycles. The van der Waals surface area contributed by atoms with E-state index in [0.29, 0.717) is 12.0 Å². The van der Waals surface area contributed by atoms with Crippen molar-refractivity contribution in [2.45, 2.75) is 65.5 Å². The van der Waals surface area contributed by atoms with Crippen LogP contribution in [0.1, 0.15) is 53.9 Å². The predicted molar refractivity (Wildman–Crippen MR) is 71.8 cm³/mol. The van der Waals surface area contributed by atoms with Crippen molar-refractivity contribution in [1.29, 1.82) is 5.26 Å². The zero-order valence-electron chi connectivity index (χ0n) is 12.0. The first-order valence-electron chi connectivity index (χ1n) is 6.66. The summed E-state index contributed by atoms with van der Waals surface area (Å²) >= 11 is 0. The third-order valence-electron chi connectivity index (χ3n) is 2.52. The van der Waals surface area contributed by atoms with Crippen molar-refractivity contribution in [3.63, 3.8) is 0 Å². The number of unbranched alkanes of at least 4 members (excludes halogenated alkanes) is 1. The molecule has 1 unspecified atom stereocenters. The summed E-state index contributed by atoms with van der Waals surface area (Å²) in [4.78, 5) is 0. The van der Waals surface area contributed by atoms with Crippen molar-refractivity contribution in [3.8, 4) is 6.07 Å². The number of ether oxygens (including phenoxy) is 1. The van der Waals surface area contributed by atoms with Gasteiger partial charge in [-0.25, -0.2) is 0 Å². The average Bonchev–Trinajstić information content (AvgIpc) is 2.22. The van der Waals surface area contributed by atoms with Gasteiger partial charge in [0.1, 0.15) is 5.54 Å². The molecular weight excluding hydrogens is 212 g/mol. The second-order valence-corrected chi connectivity index (χ2v) is 5.67. The van der Waals surface area contributed by atoms with Gasteiger partial charge >= 0.3 is 0 Å². The number of nitrogens with zero attached hydrogens (tertiary/aromatic N) is 1. The molecule has 0 radical (unpaired) electrons. The summed E-state index contributed by atoms with van der Waals surface area (Å²) in [5.41, 5.74) is -0.397. The Kier molecular flexibility index (Phi) is 8.20. The van der Waals surface area contributed by atoms with Crippen LogP contribution in [-0.4, -0.2) is 24.8 Å². The number of hydrogen-bond donors (Lipinski definition) is 1. The molecule has 0 aliphatic heterocycles. The van der Waals surface area contributed by atoms with Gasteiger partial charge in [-0.1, -0.05) is 13.8 Å². The van der Waals surface area contributed by atoms with Crippen LogP contribution in [0, 0.1) is 17.2 Å². The molecule has 100 valence electrons. The Balaban J connectivity index is 3.67. The molecule has 0 saturated heterocycles. The van der Waals surface area contributed by atoms with E-state index in [1.807, 2.05) is 6.92 Å². The lowest BCUT2D eigenvalue weighted by molar-refractivity contribution is 0.105. The summed E-state index contributed by atoms with van der Waals surface area (Å²) in [6.45, 7) is 12.1. The molecule has 0 aromatic carbocycles. The van der Waals surface area contributed by atoms with Crippen LogP contribution in [0.5, 0.6) is 0 Å². The first-order valence-corrected chi connectivity index (χ1v) is 6.66. The highest BCUT2D eigenvalue weighted by Gasteiger charge is 2.23. The SMILES string of the molecule is CC(C)COCCCCC(C)(C#N)NC(C)C. The Morgan fingerprint density at radius 3 is 2.35 bits per heavy atom. The minimum absolute atomic E-state index is 0.344. The lowest BCUT2D eigenvalue weighted by Gasteiger charge is -2.25. The number of nitriles is 1. The van der Waals surface area contributed by atoms with Crippen molar-refractivity contribution in [2.75, 3.05) is 13.2 Å². The molecule has 3 nitrogen and oxygen atoms in total. The fourth-order valence-corrected chi connectivity index (χ4v) is 1.80. The van der Waals surface area contributed by atoms with Gasteiger partial charge < -0.3 is 4.74 Å². The van der Waals surface area contributed by atoms with Gasteiger partial charge in [-0.15, -0.1) is 0 Å². The van der Waals surface area contributed by atoms with E-state index in [2.05, 4.69) is 39.1 Å². The highest BCUT2D eigenvalue weighted by Crippen LogP contribution is 2.14. The quantitative estimate of drug-likeness (QED) is 0.630. The summed E-state index contributed by atoms with van der Waals surface area (Å²) in [5, 5.41) is 12.5. The lowest BCUT2D eigenvalue weighted by Crippen LogP contribution is -2.44. The lowest BCUT2D eigenvalue weighted by atomic mass is 9.96. The normalized spacial score (nSPS) is 14.9. The molecule has 0 aromatic rings. The highest BCUT2D eigenvalue weighted by atomic mass is 16.5. The number of rotatable bonds is 9. The van der Waals surface area contributed by atoms with E-state index in [0.717, 1.165) is 32.5 Å². The van der Waals surface area contributed by atoms with Crippen LogP contribution >= 0.6 is 0 Å². The predicted octanol–water partition coefficient (Wildman–Crippen LogP) is 3.11. The molecule has 3 heteroatoms. The molecule has 0 saturated carbocycles. The molecule has 0 amide bonds. The van der Waals surface area contributed by atoms with Gasteiger partial charge in [-0.05, 0) is 46.0 Å². The standard InChI is InChI=1S/C14H28N2O/c1-12(2)10-17-9-7-6-8-14(5,11-15)16-13(3)4/h12-13,16H,6-10H2,1-5H3. The molecule has 1 N–H and O–H groups in total. The van der Waals surface area contributed by atoms with Gasteiger partial charge in [0.15, 0.2) is 0 Å². The largest absolute Gasteiger partial charge is 0.381 e. The van der Waals surface area contributed by atoms with E-state index in [-0.39, 0.29) is 0 Å². The summed E-state index contributed by atoms with van der Waals surface area (Å²) < 4.78 is 5.52. The number of hydrogen-bond acceptors (Lipinski definition) is 3. The van der Waals surface area contributed by atoms with E-state index in [1.54, 1.807) is 0 Å². The molecule has 17 heavy (non-hydrogen) atoms. The van der Waals surface area contributed by atoms with Crippen LogP contribution in [0.4, 0.5) is 0 Å².